The fourth-order valence-corrected chi connectivity index (χ4v) is 5.38. The molecule has 3 rings (SSSR count). The molecule has 5 nitrogen and oxygen atoms in total. The third-order valence-corrected chi connectivity index (χ3v) is 6.67. The zero-order valence-corrected chi connectivity index (χ0v) is 18.2. The van der Waals surface area contributed by atoms with E-state index in [2.05, 4.69) is 4.72 Å². The van der Waals surface area contributed by atoms with Crippen LogP contribution in [-0.4, -0.2) is 20.9 Å². The van der Waals surface area contributed by atoms with Gasteiger partial charge in [0.2, 0.25) is 5.91 Å². The summed E-state index contributed by atoms with van der Waals surface area (Å²) in [7, 11) is -3.69. The van der Waals surface area contributed by atoms with Gasteiger partial charge in [-0.15, -0.1) is 0 Å². The molecule has 1 aliphatic heterocycles. The van der Waals surface area contributed by atoms with Gasteiger partial charge in [0.25, 0.3) is 10.0 Å². The lowest BCUT2D eigenvalue weighted by molar-refractivity contribution is -0.125. The predicted octanol–water partition coefficient (Wildman–Crippen LogP) is 4.35. The Bertz CT molecular complexity index is 1030. The van der Waals surface area contributed by atoms with Crippen molar-refractivity contribution in [3.05, 3.63) is 52.6 Å². The van der Waals surface area contributed by atoms with Gasteiger partial charge in [0, 0.05) is 23.3 Å². The summed E-state index contributed by atoms with van der Waals surface area (Å²) in [5.41, 5.74) is 4.41. The molecule has 0 spiro atoms. The molecule has 0 saturated heterocycles. The first-order chi connectivity index (χ1) is 12.9. The summed E-state index contributed by atoms with van der Waals surface area (Å²) >= 11 is 0. The molecule has 0 atom stereocenters. The van der Waals surface area contributed by atoms with Crippen LogP contribution in [0.3, 0.4) is 0 Å². The first-order valence-corrected chi connectivity index (χ1v) is 10.9. The van der Waals surface area contributed by atoms with Crippen molar-refractivity contribution in [1.82, 2.24) is 0 Å². The first kappa shape index (κ1) is 20.4. The number of benzene rings is 2. The molecule has 0 unspecified atom stereocenters. The predicted molar refractivity (Wildman–Crippen MR) is 113 cm³/mol. The third-order valence-electron chi connectivity index (χ3n) is 4.99. The van der Waals surface area contributed by atoms with E-state index in [-0.39, 0.29) is 5.91 Å². The number of fused-ring (bicyclic) bond motifs is 1. The fourth-order valence-electron chi connectivity index (χ4n) is 3.88. The Morgan fingerprint density at radius 3 is 2.21 bits per heavy atom. The highest BCUT2D eigenvalue weighted by Crippen LogP contribution is 2.34. The molecule has 1 aliphatic rings. The lowest BCUT2D eigenvalue weighted by atomic mass is 9.94. The molecule has 150 valence electrons. The molecule has 0 aromatic heterocycles. The average molecular weight is 401 g/mol. The van der Waals surface area contributed by atoms with Gasteiger partial charge < -0.3 is 4.90 Å². The normalized spacial score (nSPS) is 14.1. The molecule has 1 amide bonds. The van der Waals surface area contributed by atoms with E-state index in [0.29, 0.717) is 17.1 Å². The second-order valence-electron chi connectivity index (χ2n) is 8.63. The van der Waals surface area contributed by atoms with E-state index in [1.165, 1.54) is 0 Å². The molecule has 2 aromatic carbocycles. The number of amides is 1. The minimum atomic E-state index is -3.69. The Morgan fingerprint density at radius 1 is 1.04 bits per heavy atom. The second-order valence-corrected chi connectivity index (χ2v) is 10.3. The van der Waals surface area contributed by atoms with E-state index < -0.39 is 15.4 Å². The number of nitrogens with zero attached hydrogens (tertiary/aromatic N) is 1. The Labute approximate surface area is 167 Å². The second kappa shape index (κ2) is 6.92. The monoisotopic (exact) mass is 400 g/mol. The van der Waals surface area contributed by atoms with Crippen molar-refractivity contribution >= 4 is 27.3 Å². The number of hydrogen-bond donors (Lipinski definition) is 1. The van der Waals surface area contributed by atoms with Gasteiger partial charge in [0.05, 0.1) is 4.90 Å². The first-order valence-electron chi connectivity index (χ1n) is 9.46. The highest BCUT2D eigenvalue weighted by Gasteiger charge is 2.32. The van der Waals surface area contributed by atoms with E-state index in [0.717, 1.165) is 34.4 Å². The molecule has 0 aliphatic carbocycles. The van der Waals surface area contributed by atoms with Crippen molar-refractivity contribution in [1.29, 1.82) is 0 Å². The smallest absolute Gasteiger partial charge is 0.262 e. The zero-order chi connectivity index (χ0) is 20.9. The molecule has 1 heterocycles. The molecule has 0 fully saturated rings. The van der Waals surface area contributed by atoms with Crippen LogP contribution in [0.5, 0.6) is 0 Å². The minimum absolute atomic E-state index is 0.0745. The van der Waals surface area contributed by atoms with Crippen LogP contribution in [0.25, 0.3) is 0 Å². The summed E-state index contributed by atoms with van der Waals surface area (Å²) in [6.07, 6.45) is 0.718. The maximum absolute atomic E-state index is 13.0. The van der Waals surface area contributed by atoms with E-state index in [4.69, 9.17) is 0 Å². The highest BCUT2D eigenvalue weighted by atomic mass is 32.2. The van der Waals surface area contributed by atoms with Gasteiger partial charge in [-0.25, -0.2) is 8.42 Å². The van der Waals surface area contributed by atoms with Crippen LogP contribution >= 0.6 is 0 Å². The summed E-state index contributed by atoms with van der Waals surface area (Å²) in [5.74, 6) is 0.0745. The quantitative estimate of drug-likeness (QED) is 0.833. The van der Waals surface area contributed by atoms with Gasteiger partial charge in [0.1, 0.15) is 0 Å². The minimum Gasteiger partial charge on any atom is -0.311 e. The van der Waals surface area contributed by atoms with Gasteiger partial charge in [-0.2, -0.15) is 0 Å². The maximum Gasteiger partial charge on any atom is 0.262 e. The van der Waals surface area contributed by atoms with Crippen molar-refractivity contribution in [3.63, 3.8) is 0 Å². The van der Waals surface area contributed by atoms with Crippen molar-refractivity contribution < 1.29 is 13.2 Å². The molecule has 0 bridgehead atoms. The number of anilines is 2. The van der Waals surface area contributed by atoms with Crippen LogP contribution in [-0.2, 0) is 21.2 Å². The van der Waals surface area contributed by atoms with Crippen molar-refractivity contribution in [2.45, 2.75) is 52.9 Å². The number of carbonyl (C=O) groups excluding carboxylic acids is 1. The van der Waals surface area contributed by atoms with E-state index in [1.54, 1.807) is 11.0 Å². The van der Waals surface area contributed by atoms with E-state index in [9.17, 15) is 13.2 Å². The molecular formula is C22H28N2O3S. The lowest BCUT2D eigenvalue weighted by Gasteiger charge is -2.26. The zero-order valence-electron chi connectivity index (χ0n) is 17.4. The fraction of sp³-hybridized carbons (Fsp3) is 0.409. The van der Waals surface area contributed by atoms with Gasteiger partial charge in [-0.05, 0) is 62.1 Å². The Hall–Kier alpha value is -2.34. The lowest BCUT2D eigenvalue weighted by Crippen LogP contribution is -2.38. The van der Waals surface area contributed by atoms with Crippen LogP contribution in [0.15, 0.2) is 35.2 Å². The Kier molecular flexibility index (Phi) is 5.04. The van der Waals surface area contributed by atoms with Crippen LogP contribution < -0.4 is 9.62 Å². The Morgan fingerprint density at radius 2 is 1.64 bits per heavy atom. The molecular weight excluding hydrogens is 372 g/mol. The molecule has 0 radical (unpaired) electrons. The van der Waals surface area contributed by atoms with E-state index >= 15 is 0 Å². The van der Waals surface area contributed by atoms with Crippen molar-refractivity contribution in [3.8, 4) is 0 Å². The molecule has 2 aromatic rings. The van der Waals surface area contributed by atoms with Crippen molar-refractivity contribution in [2.75, 3.05) is 16.2 Å². The van der Waals surface area contributed by atoms with Crippen LogP contribution in [0, 0.1) is 26.2 Å². The summed E-state index contributed by atoms with van der Waals surface area (Å²) in [5, 5.41) is 0. The average Bonchev–Trinajstić information content (AvgIpc) is 2.94. The largest absolute Gasteiger partial charge is 0.311 e. The standard InChI is InChI=1S/C22H28N2O3S/c1-14-11-15(2)20(16(3)12-14)28(26,27)23-18-7-8-19-17(13-18)9-10-24(19)21(25)22(4,5)6/h7-8,11-13,23H,9-10H2,1-6H3. The summed E-state index contributed by atoms with van der Waals surface area (Å²) < 4.78 is 28.7. The third kappa shape index (κ3) is 3.78. The van der Waals surface area contributed by atoms with Crippen LogP contribution in [0.2, 0.25) is 0 Å². The maximum atomic E-state index is 13.0. The van der Waals surface area contributed by atoms with Crippen LogP contribution in [0.1, 0.15) is 43.0 Å². The number of carbonyl (C=O) groups is 1. The number of nitrogens with one attached hydrogen (secondary N) is 1. The molecule has 1 N–H and O–H groups in total. The topological polar surface area (TPSA) is 66.5 Å². The van der Waals surface area contributed by atoms with Crippen LogP contribution in [0.4, 0.5) is 11.4 Å². The number of hydrogen-bond acceptors (Lipinski definition) is 3. The SMILES string of the molecule is Cc1cc(C)c(S(=O)(=O)Nc2ccc3c(c2)CCN3C(=O)C(C)(C)C)c(C)c1. The summed E-state index contributed by atoms with van der Waals surface area (Å²) in [6, 6.07) is 9.14. The number of rotatable bonds is 3. The van der Waals surface area contributed by atoms with Gasteiger partial charge in [0.15, 0.2) is 0 Å². The van der Waals surface area contributed by atoms with Crippen molar-refractivity contribution in [2.24, 2.45) is 5.41 Å². The summed E-state index contributed by atoms with van der Waals surface area (Å²) in [4.78, 5) is 14.8. The van der Waals surface area contributed by atoms with Gasteiger partial charge >= 0.3 is 0 Å². The van der Waals surface area contributed by atoms with E-state index in [1.807, 2.05) is 65.8 Å². The van der Waals surface area contributed by atoms with Gasteiger partial charge in [-0.1, -0.05) is 38.5 Å². The molecule has 28 heavy (non-hydrogen) atoms. The number of aryl methyl sites for hydroxylation is 3. The molecule has 6 heteroatoms. The summed E-state index contributed by atoms with van der Waals surface area (Å²) in [6.45, 7) is 11.9. The Balaban J connectivity index is 1.91. The van der Waals surface area contributed by atoms with Gasteiger partial charge in [-0.3, -0.25) is 9.52 Å². The highest BCUT2D eigenvalue weighted by molar-refractivity contribution is 7.92. The molecule has 0 saturated carbocycles. The number of sulfonamides is 1.